The quantitative estimate of drug-likeness (QED) is 0.670. The standard InChI is InChI=1S/C15H21N3O2/c1-10-4-3-5-13-14(10)12(8-17-13)6-7-16-15(20)18-11(2)9-19/h3-5,8,11,17,19H,6-7,9H2,1-2H3,(H2,16,18,20). The summed E-state index contributed by atoms with van der Waals surface area (Å²) in [6, 6.07) is 5.69. The first-order valence-corrected chi connectivity index (χ1v) is 6.82. The van der Waals surface area contributed by atoms with E-state index in [1.54, 1.807) is 6.92 Å². The van der Waals surface area contributed by atoms with Gasteiger partial charge in [-0.1, -0.05) is 12.1 Å². The molecule has 1 heterocycles. The number of urea groups is 1. The molecule has 0 bridgehead atoms. The van der Waals surface area contributed by atoms with E-state index in [1.807, 2.05) is 12.3 Å². The maximum Gasteiger partial charge on any atom is 0.315 e. The van der Waals surface area contributed by atoms with Gasteiger partial charge in [-0.05, 0) is 37.5 Å². The van der Waals surface area contributed by atoms with E-state index in [4.69, 9.17) is 5.11 Å². The summed E-state index contributed by atoms with van der Waals surface area (Å²) < 4.78 is 0. The largest absolute Gasteiger partial charge is 0.394 e. The molecule has 108 valence electrons. The van der Waals surface area contributed by atoms with Gasteiger partial charge in [0.25, 0.3) is 0 Å². The first kappa shape index (κ1) is 14.4. The van der Waals surface area contributed by atoms with Gasteiger partial charge in [0.05, 0.1) is 12.6 Å². The molecule has 2 rings (SSSR count). The Bertz CT molecular complexity index is 592. The zero-order valence-corrected chi connectivity index (χ0v) is 11.9. The molecule has 5 nitrogen and oxygen atoms in total. The number of aryl methyl sites for hydroxylation is 1. The summed E-state index contributed by atoms with van der Waals surface area (Å²) >= 11 is 0. The molecule has 0 saturated carbocycles. The summed E-state index contributed by atoms with van der Waals surface area (Å²) in [6.07, 6.45) is 2.76. The fraction of sp³-hybridized carbons (Fsp3) is 0.400. The molecule has 1 atom stereocenters. The highest BCUT2D eigenvalue weighted by atomic mass is 16.3. The highest BCUT2D eigenvalue weighted by Crippen LogP contribution is 2.22. The minimum absolute atomic E-state index is 0.0605. The van der Waals surface area contributed by atoms with Crippen molar-refractivity contribution in [1.29, 1.82) is 0 Å². The maximum atomic E-state index is 11.5. The molecule has 0 aliphatic rings. The van der Waals surface area contributed by atoms with Crippen molar-refractivity contribution in [2.75, 3.05) is 13.2 Å². The van der Waals surface area contributed by atoms with Crippen molar-refractivity contribution in [3.8, 4) is 0 Å². The highest BCUT2D eigenvalue weighted by Gasteiger charge is 2.08. The maximum absolute atomic E-state index is 11.5. The number of carbonyl (C=O) groups is 1. The van der Waals surface area contributed by atoms with Crippen LogP contribution in [0.1, 0.15) is 18.1 Å². The Morgan fingerprint density at radius 3 is 3.00 bits per heavy atom. The lowest BCUT2D eigenvalue weighted by Crippen LogP contribution is -2.42. The fourth-order valence-electron chi connectivity index (χ4n) is 2.28. The van der Waals surface area contributed by atoms with Crippen LogP contribution in [0.15, 0.2) is 24.4 Å². The van der Waals surface area contributed by atoms with Gasteiger partial charge in [0, 0.05) is 23.6 Å². The molecule has 0 spiro atoms. The van der Waals surface area contributed by atoms with Crippen molar-refractivity contribution in [3.63, 3.8) is 0 Å². The zero-order valence-electron chi connectivity index (χ0n) is 11.9. The minimum atomic E-state index is -0.247. The van der Waals surface area contributed by atoms with Gasteiger partial charge in [0.2, 0.25) is 0 Å². The third-order valence-electron chi connectivity index (χ3n) is 3.33. The van der Waals surface area contributed by atoms with Crippen LogP contribution in [0.2, 0.25) is 0 Å². The average molecular weight is 275 g/mol. The molecule has 0 saturated heterocycles. The van der Waals surface area contributed by atoms with Crippen LogP contribution in [-0.4, -0.2) is 35.3 Å². The number of amides is 2. The lowest BCUT2D eigenvalue weighted by molar-refractivity contribution is 0.220. The molecule has 5 heteroatoms. The van der Waals surface area contributed by atoms with Crippen LogP contribution in [0.5, 0.6) is 0 Å². The summed E-state index contributed by atoms with van der Waals surface area (Å²) in [5.41, 5.74) is 3.56. The molecule has 0 aliphatic carbocycles. The van der Waals surface area contributed by atoms with E-state index in [-0.39, 0.29) is 18.7 Å². The number of hydrogen-bond acceptors (Lipinski definition) is 2. The van der Waals surface area contributed by atoms with Crippen LogP contribution in [0, 0.1) is 6.92 Å². The molecule has 0 fully saturated rings. The van der Waals surface area contributed by atoms with E-state index in [9.17, 15) is 4.79 Å². The summed E-state index contributed by atoms with van der Waals surface area (Å²) in [4.78, 5) is 14.8. The van der Waals surface area contributed by atoms with Crippen LogP contribution in [-0.2, 0) is 6.42 Å². The van der Waals surface area contributed by atoms with E-state index in [2.05, 4.69) is 34.7 Å². The number of aromatic nitrogens is 1. The highest BCUT2D eigenvalue weighted by molar-refractivity contribution is 5.86. The van der Waals surface area contributed by atoms with Gasteiger partial charge in [-0.25, -0.2) is 4.79 Å². The summed E-state index contributed by atoms with van der Waals surface area (Å²) in [5, 5.41) is 15.5. The topological polar surface area (TPSA) is 77.2 Å². The molecule has 20 heavy (non-hydrogen) atoms. The molecule has 0 aliphatic heterocycles. The van der Waals surface area contributed by atoms with Crippen LogP contribution in [0.3, 0.4) is 0 Å². The smallest absolute Gasteiger partial charge is 0.315 e. The zero-order chi connectivity index (χ0) is 14.5. The van der Waals surface area contributed by atoms with E-state index in [0.717, 1.165) is 11.9 Å². The fourth-order valence-corrected chi connectivity index (χ4v) is 2.28. The van der Waals surface area contributed by atoms with Crippen molar-refractivity contribution >= 4 is 16.9 Å². The number of aliphatic hydroxyl groups is 1. The van der Waals surface area contributed by atoms with Gasteiger partial charge in [0.15, 0.2) is 0 Å². The minimum Gasteiger partial charge on any atom is -0.394 e. The number of rotatable bonds is 5. The SMILES string of the molecule is Cc1cccc2[nH]cc(CCNC(=O)NC(C)CO)c12. The number of nitrogens with one attached hydrogen (secondary N) is 3. The third-order valence-corrected chi connectivity index (χ3v) is 3.33. The predicted octanol–water partition coefficient (Wildman–Crippen LogP) is 1.70. The van der Waals surface area contributed by atoms with Gasteiger partial charge < -0.3 is 20.7 Å². The van der Waals surface area contributed by atoms with Gasteiger partial charge in [-0.2, -0.15) is 0 Å². The number of fused-ring (bicyclic) bond motifs is 1. The second-order valence-electron chi connectivity index (χ2n) is 5.05. The molecule has 2 aromatic rings. The first-order valence-electron chi connectivity index (χ1n) is 6.82. The van der Waals surface area contributed by atoms with Crippen LogP contribution in [0.25, 0.3) is 10.9 Å². The summed E-state index contributed by atoms with van der Waals surface area (Å²) in [7, 11) is 0. The van der Waals surface area contributed by atoms with Crippen molar-refractivity contribution in [2.45, 2.75) is 26.3 Å². The second-order valence-corrected chi connectivity index (χ2v) is 5.05. The molecule has 1 aromatic heterocycles. The number of benzene rings is 1. The van der Waals surface area contributed by atoms with Crippen LogP contribution < -0.4 is 10.6 Å². The van der Waals surface area contributed by atoms with E-state index in [1.165, 1.54) is 16.5 Å². The molecule has 1 unspecified atom stereocenters. The van der Waals surface area contributed by atoms with Crippen molar-refractivity contribution in [3.05, 3.63) is 35.5 Å². The Morgan fingerprint density at radius 2 is 2.25 bits per heavy atom. The number of aliphatic hydroxyl groups excluding tert-OH is 1. The molecule has 2 amide bonds. The Labute approximate surface area is 118 Å². The number of hydrogen-bond donors (Lipinski definition) is 4. The van der Waals surface area contributed by atoms with E-state index in [0.29, 0.717) is 6.54 Å². The van der Waals surface area contributed by atoms with Crippen LogP contribution >= 0.6 is 0 Å². The first-order chi connectivity index (χ1) is 9.61. The van der Waals surface area contributed by atoms with Gasteiger partial charge in [-0.3, -0.25) is 0 Å². The van der Waals surface area contributed by atoms with Crippen molar-refractivity contribution in [2.24, 2.45) is 0 Å². The summed E-state index contributed by atoms with van der Waals surface area (Å²) in [5.74, 6) is 0. The van der Waals surface area contributed by atoms with Crippen molar-refractivity contribution < 1.29 is 9.90 Å². The lowest BCUT2D eigenvalue weighted by atomic mass is 10.1. The molecule has 0 radical (unpaired) electrons. The lowest BCUT2D eigenvalue weighted by Gasteiger charge is -2.11. The molecular weight excluding hydrogens is 254 g/mol. The number of aromatic amines is 1. The Hall–Kier alpha value is -2.01. The molecule has 1 aromatic carbocycles. The van der Waals surface area contributed by atoms with Gasteiger partial charge >= 0.3 is 6.03 Å². The Kier molecular flexibility index (Phi) is 4.63. The van der Waals surface area contributed by atoms with E-state index < -0.39 is 0 Å². The Balaban J connectivity index is 1.92. The second kappa shape index (κ2) is 6.43. The Morgan fingerprint density at radius 1 is 1.45 bits per heavy atom. The predicted molar refractivity (Wildman–Crippen MR) is 79.8 cm³/mol. The molecular formula is C15H21N3O2. The third kappa shape index (κ3) is 3.30. The van der Waals surface area contributed by atoms with E-state index >= 15 is 0 Å². The molecule has 4 N–H and O–H groups in total. The van der Waals surface area contributed by atoms with Gasteiger partial charge in [-0.15, -0.1) is 0 Å². The summed E-state index contributed by atoms with van der Waals surface area (Å²) in [6.45, 7) is 4.34. The number of H-pyrrole nitrogens is 1. The monoisotopic (exact) mass is 275 g/mol. The van der Waals surface area contributed by atoms with Gasteiger partial charge in [0.1, 0.15) is 0 Å². The average Bonchev–Trinajstić information content (AvgIpc) is 2.83. The van der Waals surface area contributed by atoms with Crippen molar-refractivity contribution in [1.82, 2.24) is 15.6 Å². The normalized spacial score (nSPS) is 12.3. The van der Waals surface area contributed by atoms with Crippen LogP contribution in [0.4, 0.5) is 4.79 Å². The number of carbonyl (C=O) groups excluding carboxylic acids is 1.